The van der Waals surface area contributed by atoms with E-state index in [9.17, 15) is 4.79 Å². The number of alkyl halides is 1. The van der Waals surface area contributed by atoms with E-state index in [0.29, 0.717) is 13.1 Å². The lowest BCUT2D eigenvalue weighted by molar-refractivity contribution is -0.119. The van der Waals surface area contributed by atoms with Gasteiger partial charge in [-0.1, -0.05) is 28.1 Å². The lowest BCUT2D eigenvalue weighted by atomic mass is 10.2. The quantitative estimate of drug-likeness (QED) is 0.565. The fraction of sp³-hybridized carbons (Fsp3) is 0.278. The van der Waals surface area contributed by atoms with Crippen molar-refractivity contribution < 1.29 is 4.79 Å². The van der Waals surface area contributed by atoms with Crippen LogP contribution in [0.25, 0.3) is 10.2 Å². The molecule has 5 heteroatoms. The van der Waals surface area contributed by atoms with Crippen LogP contribution in [0.5, 0.6) is 0 Å². The molecule has 3 aromatic rings. The molecular formula is C18H19BrN2OS. The highest BCUT2D eigenvalue weighted by molar-refractivity contribution is 9.08. The van der Waals surface area contributed by atoms with Gasteiger partial charge in [-0.25, -0.2) is 0 Å². The molecule has 2 heterocycles. The van der Waals surface area contributed by atoms with Gasteiger partial charge in [0.15, 0.2) is 0 Å². The second-order valence-corrected chi connectivity index (χ2v) is 6.99. The van der Waals surface area contributed by atoms with E-state index < -0.39 is 0 Å². The minimum Gasteiger partial charge on any atom is -0.335 e. The number of aryl methyl sites for hydroxylation is 1. The van der Waals surface area contributed by atoms with E-state index in [1.54, 1.807) is 11.3 Å². The molecule has 1 aromatic carbocycles. The van der Waals surface area contributed by atoms with E-state index in [1.807, 2.05) is 24.0 Å². The van der Waals surface area contributed by atoms with Crippen molar-refractivity contribution >= 4 is 49.1 Å². The third-order valence-electron chi connectivity index (χ3n) is 4.02. The number of nitrogens with zero attached hydrogens (tertiary/aromatic N) is 2. The first-order chi connectivity index (χ1) is 11.1. The molecule has 2 aromatic heterocycles. The Morgan fingerprint density at radius 2 is 2.13 bits per heavy atom. The maximum absolute atomic E-state index is 12.9. The standard InChI is InChI=1S/C18H19BrN2OS/c1-3-20(15-6-4-5-14(10-15)11-19)18(22)12-21-13(2)9-17-16(21)7-8-23-17/h4-10H,3,11-12H2,1-2H3. The number of fused-ring (bicyclic) bond motifs is 1. The number of hydrogen-bond acceptors (Lipinski definition) is 2. The van der Waals surface area contributed by atoms with Crippen LogP contribution in [0.2, 0.25) is 0 Å². The minimum atomic E-state index is 0.117. The molecule has 0 aliphatic carbocycles. The number of rotatable bonds is 5. The third-order valence-corrected chi connectivity index (χ3v) is 5.52. The minimum absolute atomic E-state index is 0.117. The van der Waals surface area contributed by atoms with E-state index >= 15 is 0 Å². The number of carbonyl (C=O) groups excluding carboxylic acids is 1. The lowest BCUT2D eigenvalue weighted by Crippen LogP contribution is -2.33. The van der Waals surface area contributed by atoms with Gasteiger partial charge < -0.3 is 9.47 Å². The summed E-state index contributed by atoms with van der Waals surface area (Å²) >= 11 is 5.19. The van der Waals surface area contributed by atoms with Gasteiger partial charge >= 0.3 is 0 Å². The van der Waals surface area contributed by atoms with Crippen molar-refractivity contribution in [3.63, 3.8) is 0 Å². The van der Waals surface area contributed by atoms with Crippen LogP contribution >= 0.6 is 27.3 Å². The van der Waals surface area contributed by atoms with Crippen LogP contribution in [0.4, 0.5) is 5.69 Å². The van der Waals surface area contributed by atoms with Gasteiger partial charge in [0.05, 0.1) is 10.2 Å². The second kappa shape index (κ2) is 6.89. The number of carbonyl (C=O) groups is 1. The Bertz CT molecular complexity index is 837. The van der Waals surface area contributed by atoms with Crippen molar-refractivity contribution in [3.05, 3.63) is 53.0 Å². The van der Waals surface area contributed by atoms with E-state index in [-0.39, 0.29) is 5.91 Å². The number of halogens is 1. The van der Waals surface area contributed by atoms with E-state index in [4.69, 9.17) is 0 Å². The van der Waals surface area contributed by atoms with Gasteiger partial charge in [0.25, 0.3) is 0 Å². The monoisotopic (exact) mass is 390 g/mol. The van der Waals surface area contributed by atoms with E-state index in [1.165, 1.54) is 10.3 Å². The zero-order valence-corrected chi connectivity index (χ0v) is 15.7. The van der Waals surface area contributed by atoms with E-state index in [2.05, 4.69) is 57.1 Å². The summed E-state index contributed by atoms with van der Waals surface area (Å²) in [7, 11) is 0. The molecule has 0 fully saturated rings. The Kier molecular flexibility index (Phi) is 4.87. The number of anilines is 1. The average molecular weight is 391 g/mol. The van der Waals surface area contributed by atoms with Gasteiger partial charge in [0.2, 0.25) is 5.91 Å². The van der Waals surface area contributed by atoms with Gasteiger partial charge in [-0.05, 0) is 49.1 Å². The second-order valence-electron chi connectivity index (χ2n) is 5.48. The molecule has 0 N–H and O–H groups in total. The normalized spacial score (nSPS) is 11.1. The van der Waals surface area contributed by atoms with Crippen LogP contribution in [0.3, 0.4) is 0 Å². The topological polar surface area (TPSA) is 25.2 Å². The van der Waals surface area contributed by atoms with Crippen LogP contribution < -0.4 is 4.90 Å². The van der Waals surface area contributed by atoms with Gasteiger partial charge in [-0.3, -0.25) is 4.79 Å². The van der Waals surface area contributed by atoms with Gasteiger partial charge in [-0.15, -0.1) is 11.3 Å². The van der Waals surface area contributed by atoms with Crippen molar-refractivity contribution in [2.24, 2.45) is 0 Å². The summed E-state index contributed by atoms with van der Waals surface area (Å²) in [6.07, 6.45) is 0. The fourth-order valence-electron chi connectivity index (χ4n) is 2.84. The first-order valence-electron chi connectivity index (χ1n) is 7.62. The van der Waals surface area contributed by atoms with Crippen LogP contribution in [-0.4, -0.2) is 17.0 Å². The molecule has 0 saturated carbocycles. The molecule has 1 amide bonds. The Hall–Kier alpha value is -1.59. The van der Waals surface area contributed by atoms with Crippen molar-refractivity contribution in [2.75, 3.05) is 11.4 Å². The highest BCUT2D eigenvalue weighted by Gasteiger charge is 2.17. The van der Waals surface area contributed by atoms with Gasteiger partial charge in [0, 0.05) is 23.3 Å². The molecule has 0 saturated heterocycles. The van der Waals surface area contributed by atoms with Crippen LogP contribution in [-0.2, 0) is 16.7 Å². The van der Waals surface area contributed by atoms with Crippen molar-refractivity contribution in [2.45, 2.75) is 25.7 Å². The Morgan fingerprint density at radius 1 is 1.30 bits per heavy atom. The molecule has 0 bridgehead atoms. The molecule has 0 unspecified atom stereocenters. The number of likely N-dealkylation sites (N-methyl/N-ethyl adjacent to an activating group) is 1. The Balaban J connectivity index is 1.88. The zero-order valence-electron chi connectivity index (χ0n) is 13.3. The van der Waals surface area contributed by atoms with Crippen LogP contribution in [0.1, 0.15) is 18.2 Å². The number of benzene rings is 1. The van der Waals surface area contributed by atoms with Gasteiger partial charge in [-0.2, -0.15) is 0 Å². The third kappa shape index (κ3) is 3.21. The molecule has 0 radical (unpaired) electrons. The first kappa shape index (κ1) is 16.3. The summed E-state index contributed by atoms with van der Waals surface area (Å²) in [6.45, 7) is 5.11. The molecule has 120 valence electrons. The summed E-state index contributed by atoms with van der Waals surface area (Å²) in [5.41, 5.74) is 4.41. The highest BCUT2D eigenvalue weighted by atomic mass is 79.9. The lowest BCUT2D eigenvalue weighted by Gasteiger charge is -2.22. The van der Waals surface area contributed by atoms with Crippen molar-refractivity contribution in [1.82, 2.24) is 4.57 Å². The molecule has 3 rings (SSSR count). The van der Waals surface area contributed by atoms with Crippen molar-refractivity contribution in [1.29, 1.82) is 0 Å². The maximum Gasteiger partial charge on any atom is 0.246 e. The van der Waals surface area contributed by atoms with Crippen LogP contribution in [0, 0.1) is 6.92 Å². The predicted molar refractivity (Wildman–Crippen MR) is 102 cm³/mol. The molecule has 23 heavy (non-hydrogen) atoms. The van der Waals surface area contributed by atoms with Crippen LogP contribution in [0.15, 0.2) is 41.8 Å². The number of thiophene rings is 1. The summed E-state index contributed by atoms with van der Waals surface area (Å²) < 4.78 is 3.34. The predicted octanol–water partition coefficient (Wildman–Crippen LogP) is 4.96. The Morgan fingerprint density at radius 3 is 2.87 bits per heavy atom. The smallest absolute Gasteiger partial charge is 0.246 e. The fourth-order valence-corrected chi connectivity index (χ4v) is 4.07. The highest BCUT2D eigenvalue weighted by Crippen LogP contribution is 2.25. The molecular weight excluding hydrogens is 372 g/mol. The molecule has 0 atom stereocenters. The first-order valence-corrected chi connectivity index (χ1v) is 9.62. The molecule has 3 nitrogen and oxygen atoms in total. The summed E-state index contributed by atoms with van der Waals surface area (Å²) in [5.74, 6) is 0.117. The largest absolute Gasteiger partial charge is 0.335 e. The Labute approximate surface area is 148 Å². The van der Waals surface area contributed by atoms with E-state index in [0.717, 1.165) is 22.2 Å². The summed E-state index contributed by atoms with van der Waals surface area (Å²) in [4.78, 5) is 14.7. The summed E-state index contributed by atoms with van der Waals surface area (Å²) in [5, 5.41) is 2.86. The SMILES string of the molecule is CCN(C(=O)Cn1c(C)cc2sccc21)c1cccc(CBr)c1. The van der Waals surface area contributed by atoms with Gasteiger partial charge in [0.1, 0.15) is 6.54 Å². The number of hydrogen-bond donors (Lipinski definition) is 0. The van der Waals surface area contributed by atoms with Crippen molar-refractivity contribution in [3.8, 4) is 0 Å². The molecule has 0 spiro atoms. The number of aromatic nitrogens is 1. The average Bonchev–Trinajstić information content (AvgIpc) is 3.11. The number of amides is 1. The summed E-state index contributed by atoms with van der Waals surface area (Å²) in [6, 6.07) is 12.4. The molecule has 0 aliphatic rings. The maximum atomic E-state index is 12.9. The molecule has 0 aliphatic heterocycles. The zero-order chi connectivity index (χ0) is 16.4.